The highest BCUT2D eigenvalue weighted by Gasteiger charge is 2.51. The Morgan fingerprint density at radius 1 is 1.14 bits per heavy atom. The largest absolute Gasteiger partial charge is 0.381 e. The van der Waals surface area contributed by atoms with Crippen molar-refractivity contribution in [1.82, 2.24) is 15.2 Å². The van der Waals surface area contributed by atoms with Crippen molar-refractivity contribution in [3.8, 4) is 0 Å². The number of ether oxygens (including phenoxy) is 1. The zero-order valence-corrected chi connectivity index (χ0v) is 16.3. The van der Waals surface area contributed by atoms with Crippen LogP contribution in [0.3, 0.4) is 0 Å². The maximum absolute atomic E-state index is 13.1. The van der Waals surface area contributed by atoms with Gasteiger partial charge in [-0.2, -0.15) is 0 Å². The second-order valence-electron chi connectivity index (χ2n) is 7.78. The van der Waals surface area contributed by atoms with Crippen molar-refractivity contribution in [3.05, 3.63) is 60.4 Å². The molecular formula is C22H26N4O3. The van der Waals surface area contributed by atoms with Gasteiger partial charge in [-0.1, -0.05) is 30.3 Å². The van der Waals surface area contributed by atoms with E-state index in [0.717, 1.165) is 18.4 Å². The summed E-state index contributed by atoms with van der Waals surface area (Å²) < 4.78 is 5.54. The lowest BCUT2D eigenvalue weighted by Crippen LogP contribution is -2.42. The van der Waals surface area contributed by atoms with Crippen LogP contribution in [0.15, 0.2) is 54.9 Å². The number of benzene rings is 1. The number of anilines is 1. The topological polar surface area (TPSA) is 83.6 Å². The van der Waals surface area contributed by atoms with E-state index in [2.05, 4.69) is 15.6 Å². The van der Waals surface area contributed by atoms with Crippen molar-refractivity contribution in [2.45, 2.75) is 19.4 Å². The number of carbonyl (C=O) groups is 2. The molecule has 3 heterocycles. The lowest BCUT2D eigenvalue weighted by molar-refractivity contribution is -0.124. The van der Waals surface area contributed by atoms with Crippen LogP contribution in [0, 0.1) is 11.3 Å². The van der Waals surface area contributed by atoms with E-state index in [1.165, 1.54) is 0 Å². The van der Waals surface area contributed by atoms with Gasteiger partial charge >= 0.3 is 6.03 Å². The third kappa shape index (κ3) is 4.40. The van der Waals surface area contributed by atoms with E-state index < -0.39 is 0 Å². The molecule has 2 aliphatic heterocycles. The Kier molecular flexibility index (Phi) is 5.76. The minimum atomic E-state index is -0.269. The molecule has 2 aromatic rings. The molecular weight excluding hydrogens is 368 g/mol. The third-order valence-electron chi connectivity index (χ3n) is 5.96. The molecule has 7 heteroatoms. The Morgan fingerprint density at radius 3 is 2.66 bits per heavy atom. The van der Waals surface area contributed by atoms with Crippen LogP contribution in [0.25, 0.3) is 0 Å². The summed E-state index contributed by atoms with van der Waals surface area (Å²) in [5, 5.41) is 5.96. The van der Waals surface area contributed by atoms with Gasteiger partial charge in [0.2, 0.25) is 5.91 Å². The molecule has 0 bridgehead atoms. The Balaban J connectivity index is 1.45. The first-order chi connectivity index (χ1) is 14.2. The molecule has 2 N–H and O–H groups in total. The molecule has 0 saturated carbocycles. The van der Waals surface area contributed by atoms with E-state index in [0.29, 0.717) is 38.5 Å². The summed E-state index contributed by atoms with van der Waals surface area (Å²) in [4.78, 5) is 31.7. The minimum Gasteiger partial charge on any atom is -0.381 e. The Bertz CT molecular complexity index is 838. The fraction of sp³-hybridized carbons (Fsp3) is 0.409. The van der Waals surface area contributed by atoms with Crippen LogP contribution in [-0.4, -0.2) is 48.1 Å². The van der Waals surface area contributed by atoms with E-state index in [-0.39, 0.29) is 23.3 Å². The van der Waals surface area contributed by atoms with E-state index in [4.69, 9.17) is 4.74 Å². The second kappa shape index (κ2) is 8.61. The highest BCUT2D eigenvalue weighted by atomic mass is 16.5. The monoisotopic (exact) mass is 394 g/mol. The van der Waals surface area contributed by atoms with Gasteiger partial charge in [0.15, 0.2) is 0 Å². The fourth-order valence-electron chi connectivity index (χ4n) is 4.32. The first kappa shape index (κ1) is 19.4. The summed E-state index contributed by atoms with van der Waals surface area (Å²) in [5.74, 6) is -0.327. The molecule has 3 amide bonds. The fourth-order valence-corrected chi connectivity index (χ4v) is 4.32. The number of urea groups is 1. The van der Waals surface area contributed by atoms with E-state index in [1.54, 1.807) is 23.4 Å². The summed E-state index contributed by atoms with van der Waals surface area (Å²) in [6, 6.07) is 13.3. The molecule has 2 aliphatic rings. The van der Waals surface area contributed by atoms with E-state index in [1.807, 2.05) is 36.4 Å². The van der Waals surface area contributed by atoms with Crippen LogP contribution in [0.2, 0.25) is 0 Å². The van der Waals surface area contributed by atoms with Crippen molar-refractivity contribution < 1.29 is 14.3 Å². The zero-order chi connectivity index (χ0) is 20.1. The predicted molar refractivity (Wildman–Crippen MR) is 109 cm³/mol. The number of nitrogens with one attached hydrogen (secondary N) is 2. The molecule has 0 aliphatic carbocycles. The van der Waals surface area contributed by atoms with Gasteiger partial charge in [0, 0.05) is 44.5 Å². The van der Waals surface area contributed by atoms with Gasteiger partial charge in [-0.15, -0.1) is 0 Å². The molecule has 1 unspecified atom stereocenters. The number of rotatable bonds is 4. The highest BCUT2D eigenvalue weighted by molar-refractivity contribution is 5.94. The number of likely N-dealkylation sites (tertiary alicyclic amines) is 1. The Labute approximate surface area is 170 Å². The Hall–Kier alpha value is -2.93. The first-order valence-electron chi connectivity index (χ1n) is 10.0. The number of hydrogen-bond acceptors (Lipinski definition) is 4. The average Bonchev–Trinajstić information content (AvgIpc) is 3.13. The maximum Gasteiger partial charge on any atom is 0.317 e. The van der Waals surface area contributed by atoms with Crippen molar-refractivity contribution in [2.24, 2.45) is 11.3 Å². The lowest BCUT2D eigenvalue weighted by Gasteiger charge is -2.37. The Morgan fingerprint density at radius 2 is 1.93 bits per heavy atom. The number of aromatic nitrogens is 1. The van der Waals surface area contributed by atoms with Crippen molar-refractivity contribution in [3.63, 3.8) is 0 Å². The van der Waals surface area contributed by atoms with Gasteiger partial charge in [0.05, 0.1) is 17.8 Å². The van der Waals surface area contributed by atoms with E-state index >= 15 is 0 Å². The molecule has 2 saturated heterocycles. The maximum atomic E-state index is 13.1. The van der Waals surface area contributed by atoms with Crippen molar-refractivity contribution in [2.75, 3.05) is 31.6 Å². The van der Waals surface area contributed by atoms with Gasteiger partial charge in [0.25, 0.3) is 0 Å². The van der Waals surface area contributed by atoms with Crippen LogP contribution < -0.4 is 10.6 Å². The van der Waals surface area contributed by atoms with Crippen LogP contribution in [-0.2, 0) is 16.1 Å². The highest BCUT2D eigenvalue weighted by Crippen LogP contribution is 2.44. The lowest BCUT2D eigenvalue weighted by atomic mass is 9.71. The normalized spacial score (nSPS) is 20.4. The van der Waals surface area contributed by atoms with Crippen molar-refractivity contribution >= 4 is 17.6 Å². The minimum absolute atomic E-state index is 0.0572. The van der Waals surface area contributed by atoms with Crippen molar-refractivity contribution in [1.29, 1.82) is 0 Å². The standard InChI is InChI=1S/C22H26N4O3/c27-20(25-18-7-4-10-23-14-18)19-15-26(16-22(19)8-11-29-12-9-22)21(28)24-13-17-5-2-1-3-6-17/h1-7,10,14,19H,8-9,11-13,15-16H2,(H,24,28)(H,25,27). The molecule has 0 radical (unpaired) electrons. The van der Waals surface area contributed by atoms with Crippen LogP contribution >= 0.6 is 0 Å². The van der Waals surface area contributed by atoms with Crippen LogP contribution in [0.5, 0.6) is 0 Å². The van der Waals surface area contributed by atoms with Gasteiger partial charge in [-0.25, -0.2) is 4.79 Å². The van der Waals surface area contributed by atoms with Gasteiger partial charge < -0.3 is 20.3 Å². The predicted octanol–water partition coefficient (Wildman–Crippen LogP) is 2.66. The number of hydrogen-bond donors (Lipinski definition) is 2. The number of carbonyl (C=O) groups excluding carboxylic acids is 2. The summed E-state index contributed by atoms with van der Waals surface area (Å²) in [5.41, 5.74) is 1.48. The third-order valence-corrected chi connectivity index (χ3v) is 5.96. The van der Waals surface area contributed by atoms with Crippen LogP contribution in [0.4, 0.5) is 10.5 Å². The molecule has 7 nitrogen and oxygen atoms in total. The zero-order valence-electron chi connectivity index (χ0n) is 16.3. The molecule has 1 spiro atoms. The van der Waals surface area contributed by atoms with Gasteiger partial charge in [0.1, 0.15) is 0 Å². The molecule has 1 atom stereocenters. The number of nitrogens with zero attached hydrogens (tertiary/aromatic N) is 2. The smallest absolute Gasteiger partial charge is 0.317 e. The molecule has 4 rings (SSSR count). The molecule has 1 aromatic heterocycles. The summed E-state index contributed by atoms with van der Waals surface area (Å²) >= 11 is 0. The molecule has 29 heavy (non-hydrogen) atoms. The first-order valence-corrected chi connectivity index (χ1v) is 10.0. The quantitative estimate of drug-likeness (QED) is 0.835. The van der Waals surface area contributed by atoms with Gasteiger partial charge in [-0.3, -0.25) is 9.78 Å². The number of amides is 3. The molecule has 2 fully saturated rings. The van der Waals surface area contributed by atoms with E-state index in [9.17, 15) is 9.59 Å². The molecule has 152 valence electrons. The SMILES string of the molecule is O=C(Nc1cccnc1)C1CN(C(=O)NCc2ccccc2)CC12CCOCC2. The number of pyridine rings is 1. The summed E-state index contributed by atoms with van der Waals surface area (Å²) in [7, 11) is 0. The molecule has 1 aromatic carbocycles. The van der Waals surface area contributed by atoms with Crippen LogP contribution in [0.1, 0.15) is 18.4 Å². The average molecular weight is 394 g/mol. The summed E-state index contributed by atoms with van der Waals surface area (Å²) in [6.07, 6.45) is 4.86. The second-order valence-corrected chi connectivity index (χ2v) is 7.78. The summed E-state index contributed by atoms with van der Waals surface area (Å²) in [6.45, 7) is 2.69. The van der Waals surface area contributed by atoms with Gasteiger partial charge in [-0.05, 0) is 30.5 Å².